The normalized spacial score (nSPS) is 9.39. The zero-order valence-corrected chi connectivity index (χ0v) is 10.5. The standard InChI is InChI=1S/C13H16N2O3/c1-17-10-6-5-7-11(18-2)12(10)13(16)15-9-4-3-8-14/h5-7H,3-4,9H2,1-2H3,(H,15,16). The molecule has 0 aliphatic rings. The zero-order valence-electron chi connectivity index (χ0n) is 10.5. The largest absolute Gasteiger partial charge is 0.496 e. The van der Waals surface area contributed by atoms with Gasteiger partial charge in [-0.05, 0) is 18.6 Å². The van der Waals surface area contributed by atoms with E-state index in [-0.39, 0.29) is 5.91 Å². The van der Waals surface area contributed by atoms with Crippen molar-refractivity contribution in [1.29, 1.82) is 5.26 Å². The summed E-state index contributed by atoms with van der Waals surface area (Å²) in [7, 11) is 3.00. The van der Waals surface area contributed by atoms with Crippen LogP contribution in [0.25, 0.3) is 0 Å². The van der Waals surface area contributed by atoms with E-state index in [1.165, 1.54) is 14.2 Å². The van der Waals surface area contributed by atoms with Gasteiger partial charge in [-0.3, -0.25) is 4.79 Å². The van der Waals surface area contributed by atoms with Crippen LogP contribution < -0.4 is 14.8 Å². The lowest BCUT2D eigenvalue weighted by Gasteiger charge is -2.12. The third-order valence-corrected chi connectivity index (χ3v) is 2.41. The van der Waals surface area contributed by atoms with Crippen LogP contribution in [-0.4, -0.2) is 26.7 Å². The number of amides is 1. The molecule has 1 aromatic rings. The van der Waals surface area contributed by atoms with Crippen molar-refractivity contribution in [1.82, 2.24) is 5.32 Å². The number of carbonyl (C=O) groups excluding carboxylic acids is 1. The van der Waals surface area contributed by atoms with Crippen molar-refractivity contribution in [3.05, 3.63) is 23.8 Å². The quantitative estimate of drug-likeness (QED) is 0.778. The molecule has 0 unspecified atom stereocenters. The Morgan fingerprint density at radius 1 is 1.33 bits per heavy atom. The first kappa shape index (κ1) is 13.8. The SMILES string of the molecule is COc1cccc(OC)c1C(=O)NCCCC#N. The highest BCUT2D eigenvalue weighted by molar-refractivity contribution is 5.99. The van der Waals surface area contributed by atoms with Gasteiger partial charge >= 0.3 is 0 Å². The average Bonchev–Trinajstić information content (AvgIpc) is 2.42. The number of hydrogen-bond donors (Lipinski definition) is 1. The second kappa shape index (κ2) is 7.17. The molecule has 5 nitrogen and oxygen atoms in total. The predicted octanol–water partition coefficient (Wildman–Crippen LogP) is 1.74. The van der Waals surface area contributed by atoms with E-state index in [9.17, 15) is 4.79 Å². The van der Waals surface area contributed by atoms with Crippen molar-refractivity contribution in [3.63, 3.8) is 0 Å². The lowest BCUT2D eigenvalue weighted by Crippen LogP contribution is -2.25. The summed E-state index contributed by atoms with van der Waals surface area (Å²) >= 11 is 0. The molecule has 0 bridgehead atoms. The van der Waals surface area contributed by atoms with Crippen molar-refractivity contribution in [3.8, 4) is 17.6 Å². The van der Waals surface area contributed by atoms with Crippen LogP contribution in [0.1, 0.15) is 23.2 Å². The smallest absolute Gasteiger partial charge is 0.258 e. The van der Waals surface area contributed by atoms with Gasteiger partial charge in [0.15, 0.2) is 0 Å². The number of ether oxygens (including phenoxy) is 2. The Morgan fingerprint density at radius 2 is 1.94 bits per heavy atom. The van der Waals surface area contributed by atoms with Gasteiger partial charge in [0, 0.05) is 13.0 Å². The highest BCUT2D eigenvalue weighted by atomic mass is 16.5. The summed E-state index contributed by atoms with van der Waals surface area (Å²) in [5, 5.41) is 11.1. The molecule has 0 atom stereocenters. The fraction of sp³-hybridized carbons (Fsp3) is 0.385. The minimum atomic E-state index is -0.262. The minimum absolute atomic E-state index is 0.262. The second-order valence-corrected chi connectivity index (χ2v) is 3.56. The first-order valence-electron chi connectivity index (χ1n) is 5.60. The molecule has 0 saturated heterocycles. The molecule has 0 aromatic heterocycles. The maximum atomic E-state index is 12.0. The average molecular weight is 248 g/mol. The monoisotopic (exact) mass is 248 g/mol. The molecule has 0 radical (unpaired) electrons. The van der Waals surface area contributed by atoms with E-state index in [0.29, 0.717) is 36.4 Å². The summed E-state index contributed by atoms with van der Waals surface area (Å²) in [5.74, 6) is 0.668. The molecule has 0 saturated carbocycles. The Morgan fingerprint density at radius 3 is 2.44 bits per heavy atom. The highest BCUT2D eigenvalue weighted by Gasteiger charge is 2.17. The Labute approximate surface area is 106 Å². The molecule has 0 spiro atoms. The molecular weight excluding hydrogens is 232 g/mol. The van der Waals surface area contributed by atoms with E-state index in [2.05, 4.69) is 5.32 Å². The number of carbonyl (C=O) groups is 1. The Hall–Kier alpha value is -2.22. The van der Waals surface area contributed by atoms with E-state index >= 15 is 0 Å². The number of unbranched alkanes of at least 4 members (excludes halogenated alkanes) is 1. The summed E-state index contributed by atoms with van der Waals surface area (Å²) in [4.78, 5) is 12.0. The number of methoxy groups -OCH3 is 2. The predicted molar refractivity (Wildman–Crippen MR) is 66.7 cm³/mol. The summed E-state index contributed by atoms with van der Waals surface area (Å²) in [6, 6.07) is 7.18. The minimum Gasteiger partial charge on any atom is -0.496 e. The zero-order chi connectivity index (χ0) is 13.4. The molecule has 18 heavy (non-hydrogen) atoms. The maximum absolute atomic E-state index is 12.0. The molecule has 96 valence electrons. The Bertz CT molecular complexity index is 430. The number of nitrogens with one attached hydrogen (secondary N) is 1. The first-order valence-corrected chi connectivity index (χ1v) is 5.60. The first-order chi connectivity index (χ1) is 8.74. The van der Waals surface area contributed by atoms with E-state index < -0.39 is 0 Å². The van der Waals surface area contributed by atoms with Gasteiger partial charge in [-0.2, -0.15) is 5.26 Å². The molecule has 0 aliphatic carbocycles. The van der Waals surface area contributed by atoms with E-state index in [0.717, 1.165) is 0 Å². The fourth-order valence-electron chi connectivity index (χ4n) is 1.53. The van der Waals surface area contributed by atoms with Crippen molar-refractivity contribution < 1.29 is 14.3 Å². The number of benzene rings is 1. The third kappa shape index (κ3) is 3.39. The van der Waals surface area contributed by atoms with Gasteiger partial charge in [0.2, 0.25) is 0 Å². The molecule has 5 heteroatoms. The summed E-state index contributed by atoms with van der Waals surface area (Å²) in [5.41, 5.74) is 0.374. The van der Waals surface area contributed by atoms with Crippen molar-refractivity contribution in [2.24, 2.45) is 0 Å². The van der Waals surface area contributed by atoms with Crippen LogP contribution in [-0.2, 0) is 0 Å². The van der Waals surface area contributed by atoms with E-state index in [1.807, 2.05) is 6.07 Å². The molecule has 1 rings (SSSR count). The third-order valence-electron chi connectivity index (χ3n) is 2.41. The van der Waals surface area contributed by atoms with E-state index in [4.69, 9.17) is 14.7 Å². The van der Waals surface area contributed by atoms with Gasteiger partial charge < -0.3 is 14.8 Å². The van der Waals surface area contributed by atoms with Crippen LogP contribution in [0.4, 0.5) is 0 Å². The molecule has 1 aromatic carbocycles. The Balaban J connectivity index is 2.80. The second-order valence-electron chi connectivity index (χ2n) is 3.56. The molecule has 1 amide bonds. The maximum Gasteiger partial charge on any atom is 0.258 e. The lowest BCUT2D eigenvalue weighted by molar-refractivity contribution is 0.0947. The number of hydrogen-bond acceptors (Lipinski definition) is 4. The number of nitrogens with zero attached hydrogens (tertiary/aromatic N) is 1. The van der Waals surface area contributed by atoms with Crippen LogP contribution in [0.15, 0.2) is 18.2 Å². The van der Waals surface area contributed by atoms with Crippen LogP contribution in [0.5, 0.6) is 11.5 Å². The molecular formula is C13H16N2O3. The molecule has 0 heterocycles. The highest BCUT2D eigenvalue weighted by Crippen LogP contribution is 2.27. The van der Waals surface area contributed by atoms with Gasteiger partial charge in [-0.15, -0.1) is 0 Å². The number of rotatable bonds is 6. The lowest BCUT2D eigenvalue weighted by atomic mass is 10.1. The molecule has 0 aliphatic heterocycles. The van der Waals surface area contributed by atoms with Crippen LogP contribution in [0.3, 0.4) is 0 Å². The van der Waals surface area contributed by atoms with Crippen molar-refractivity contribution >= 4 is 5.91 Å². The van der Waals surface area contributed by atoms with Crippen LogP contribution in [0, 0.1) is 11.3 Å². The van der Waals surface area contributed by atoms with Gasteiger partial charge in [-0.25, -0.2) is 0 Å². The van der Waals surface area contributed by atoms with Crippen LogP contribution >= 0.6 is 0 Å². The van der Waals surface area contributed by atoms with Gasteiger partial charge in [0.05, 0.1) is 20.3 Å². The molecule has 1 N–H and O–H groups in total. The van der Waals surface area contributed by atoms with Crippen LogP contribution in [0.2, 0.25) is 0 Å². The fourth-order valence-corrected chi connectivity index (χ4v) is 1.53. The van der Waals surface area contributed by atoms with Gasteiger partial charge in [0.1, 0.15) is 17.1 Å². The van der Waals surface area contributed by atoms with Crippen molar-refractivity contribution in [2.75, 3.05) is 20.8 Å². The summed E-state index contributed by atoms with van der Waals surface area (Å²) < 4.78 is 10.3. The van der Waals surface area contributed by atoms with Crippen molar-refractivity contribution in [2.45, 2.75) is 12.8 Å². The summed E-state index contributed by atoms with van der Waals surface area (Å²) in [6.45, 7) is 0.452. The van der Waals surface area contributed by atoms with Gasteiger partial charge in [0.25, 0.3) is 5.91 Å². The summed E-state index contributed by atoms with van der Waals surface area (Å²) in [6.07, 6.45) is 1.04. The molecule has 0 fully saturated rings. The van der Waals surface area contributed by atoms with E-state index in [1.54, 1.807) is 18.2 Å². The Kier molecular flexibility index (Phi) is 5.52. The number of nitriles is 1. The van der Waals surface area contributed by atoms with Gasteiger partial charge in [-0.1, -0.05) is 6.07 Å². The topological polar surface area (TPSA) is 71.3 Å².